The molecule has 0 N–H and O–H groups in total. The van der Waals surface area contributed by atoms with E-state index in [-0.39, 0.29) is 5.38 Å². The maximum absolute atomic E-state index is 11.9. The molecule has 2 fully saturated rings. The fraction of sp³-hybridized carbons (Fsp3) is 0.917. The molecule has 1 aliphatic heterocycles. The third-order valence-electron chi connectivity index (χ3n) is 3.93. The van der Waals surface area contributed by atoms with E-state index in [0.717, 1.165) is 32.4 Å². The first-order chi connectivity index (χ1) is 7.09. The first-order valence-corrected chi connectivity index (χ1v) is 6.46. The quantitative estimate of drug-likeness (QED) is 0.667. The summed E-state index contributed by atoms with van der Waals surface area (Å²) in [5.41, 5.74) is 0. The molecular weight excluding hydrogens is 210 g/mol. The molecule has 3 heteroatoms. The standard InChI is InChI=1S/C12H20ClNO/c1-8-7-11(8)12(15)14-5-3-10(4-6-14)9(2)13/h8-11H,3-7H2,1-2H3. The Hall–Kier alpha value is -0.240. The summed E-state index contributed by atoms with van der Waals surface area (Å²) in [5, 5.41) is 0.252. The van der Waals surface area contributed by atoms with Gasteiger partial charge in [-0.25, -0.2) is 0 Å². The SMILES string of the molecule is CC(Cl)C1CCN(C(=O)C2CC2C)CC1. The second-order valence-corrected chi connectivity index (χ2v) is 5.85. The number of hydrogen-bond acceptors (Lipinski definition) is 1. The van der Waals surface area contributed by atoms with E-state index < -0.39 is 0 Å². The van der Waals surface area contributed by atoms with E-state index in [2.05, 4.69) is 13.8 Å². The number of hydrogen-bond donors (Lipinski definition) is 0. The van der Waals surface area contributed by atoms with Gasteiger partial charge in [0.15, 0.2) is 0 Å². The van der Waals surface area contributed by atoms with Crippen molar-refractivity contribution in [1.29, 1.82) is 0 Å². The number of rotatable bonds is 2. The average Bonchev–Trinajstić information content (AvgIpc) is 2.94. The van der Waals surface area contributed by atoms with Crippen LogP contribution in [0.5, 0.6) is 0 Å². The van der Waals surface area contributed by atoms with Crippen molar-refractivity contribution < 1.29 is 4.79 Å². The van der Waals surface area contributed by atoms with Crippen molar-refractivity contribution in [1.82, 2.24) is 4.90 Å². The molecule has 86 valence electrons. The van der Waals surface area contributed by atoms with Gasteiger partial charge in [-0.2, -0.15) is 0 Å². The summed E-state index contributed by atoms with van der Waals surface area (Å²) >= 11 is 6.08. The Morgan fingerprint density at radius 3 is 2.33 bits per heavy atom. The number of halogens is 1. The van der Waals surface area contributed by atoms with Gasteiger partial charge in [-0.15, -0.1) is 11.6 Å². The van der Waals surface area contributed by atoms with Gasteiger partial charge in [-0.05, 0) is 38.0 Å². The highest BCUT2D eigenvalue weighted by atomic mass is 35.5. The van der Waals surface area contributed by atoms with Gasteiger partial charge in [-0.1, -0.05) is 6.92 Å². The van der Waals surface area contributed by atoms with Gasteiger partial charge in [0.25, 0.3) is 0 Å². The van der Waals surface area contributed by atoms with Gasteiger partial charge < -0.3 is 4.90 Å². The van der Waals surface area contributed by atoms with Gasteiger partial charge in [0.05, 0.1) is 0 Å². The molecule has 2 aliphatic rings. The Morgan fingerprint density at radius 2 is 1.93 bits per heavy atom. The second-order valence-electron chi connectivity index (χ2n) is 5.16. The van der Waals surface area contributed by atoms with Crippen LogP contribution in [0.4, 0.5) is 0 Å². The van der Waals surface area contributed by atoms with Crippen LogP contribution in [0.2, 0.25) is 0 Å². The summed E-state index contributed by atoms with van der Waals surface area (Å²) in [6.07, 6.45) is 3.26. The molecule has 1 amide bonds. The van der Waals surface area contributed by atoms with Gasteiger partial charge in [0.1, 0.15) is 0 Å². The first kappa shape index (κ1) is 11.3. The van der Waals surface area contributed by atoms with E-state index in [1.165, 1.54) is 0 Å². The van der Waals surface area contributed by atoms with E-state index in [1.54, 1.807) is 0 Å². The lowest BCUT2D eigenvalue weighted by Gasteiger charge is -2.33. The number of alkyl halides is 1. The number of carbonyl (C=O) groups excluding carboxylic acids is 1. The Labute approximate surface area is 97.0 Å². The van der Waals surface area contributed by atoms with Crippen LogP contribution < -0.4 is 0 Å². The van der Waals surface area contributed by atoms with E-state index in [9.17, 15) is 4.79 Å². The zero-order valence-corrected chi connectivity index (χ0v) is 10.3. The molecule has 0 spiro atoms. The predicted octanol–water partition coefficient (Wildman–Crippen LogP) is 2.51. The summed E-state index contributed by atoms with van der Waals surface area (Å²) in [4.78, 5) is 14.0. The third-order valence-corrected chi connectivity index (χ3v) is 4.28. The highest BCUT2D eigenvalue weighted by Gasteiger charge is 2.42. The van der Waals surface area contributed by atoms with E-state index in [0.29, 0.717) is 23.7 Å². The molecular formula is C12H20ClNO. The molecule has 0 radical (unpaired) electrons. The molecule has 2 nitrogen and oxygen atoms in total. The number of amides is 1. The van der Waals surface area contributed by atoms with Crippen molar-refractivity contribution in [2.24, 2.45) is 17.8 Å². The van der Waals surface area contributed by atoms with Gasteiger partial charge >= 0.3 is 0 Å². The van der Waals surface area contributed by atoms with Crippen LogP contribution in [-0.2, 0) is 4.79 Å². The minimum Gasteiger partial charge on any atom is -0.342 e. The minimum atomic E-state index is 0.252. The van der Waals surface area contributed by atoms with Crippen molar-refractivity contribution in [2.75, 3.05) is 13.1 Å². The molecule has 0 aromatic carbocycles. The van der Waals surface area contributed by atoms with Crippen LogP contribution in [0.15, 0.2) is 0 Å². The van der Waals surface area contributed by atoms with E-state index in [4.69, 9.17) is 11.6 Å². The Kier molecular flexibility index (Phi) is 3.24. The first-order valence-electron chi connectivity index (χ1n) is 6.02. The Morgan fingerprint density at radius 1 is 1.40 bits per heavy atom. The predicted molar refractivity (Wildman–Crippen MR) is 61.9 cm³/mol. The number of likely N-dealkylation sites (tertiary alicyclic amines) is 1. The highest BCUT2D eigenvalue weighted by Crippen LogP contribution is 2.40. The number of carbonyl (C=O) groups is 1. The Balaban J connectivity index is 1.80. The van der Waals surface area contributed by atoms with Crippen molar-refractivity contribution in [3.63, 3.8) is 0 Å². The lowest BCUT2D eigenvalue weighted by molar-refractivity contribution is -0.134. The van der Waals surface area contributed by atoms with Gasteiger partial charge in [-0.3, -0.25) is 4.79 Å². The molecule has 2 rings (SSSR count). The molecule has 0 aromatic heterocycles. The van der Waals surface area contributed by atoms with Crippen molar-refractivity contribution in [2.45, 2.75) is 38.5 Å². The topological polar surface area (TPSA) is 20.3 Å². The summed E-state index contributed by atoms with van der Waals surface area (Å²) in [6, 6.07) is 0. The molecule has 1 heterocycles. The maximum atomic E-state index is 11.9. The largest absolute Gasteiger partial charge is 0.342 e. The number of piperidine rings is 1. The molecule has 3 unspecified atom stereocenters. The molecule has 1 aliphatic carbocycles. The minimum absolute atomic E-state index is 0.252. The summed E-state index contributed by atoms with van der Waals surface area (Å²) in [5.74, 6) is 1.97. The zero-order valence-electron chi connectivity index (χ0n) is 9.58. The maximum Gasteiger partial charge on any atom is 0.225 e. The van der Waals surface area contributed by atoms with Crippen LogP contribution in [0.25, 0.3) is 0 Å². The molecule has 15 heavy (non-hydrogen) atoms. The monoisotopic (exact) mass is 229 g/mol. The van der Waals surface area contributed by atoms with Crippen molar-refractivity contribution in [3.8, 4) is 0 Å². The van der Waals surface area contributed by atoms with Crippen LogP contribution in [0, 0.1) is 17.8 Å². The summed E-state index contributed by atoms with van der Waals surface area (Å²) < 4.78 is 0. The van der Waals surface area contributed by atoms with Gasteiger partial charge in [0, 0.05) is 24.4 Å². The molecule has 1 saturated carbocycles. The highest BCUT2D eigenvalue weighted by molar-refractivity contribution is 6.20. The number of nitrogens with zero attached hydrogens (tertiary/aromatic N) is 1. The summed E-state index contributed by atoms with van der Waals surface area (Å²) in [7, 11) is 0. The van der Waals surface area contributed by atoms with Crippen LogP contribution in [0.1, 0.15) is 33.1 Å². The van der Waals surface area contributed by atoms with Crippen LogP contribution >= 0.6 is 11.6 Å². The van der Waals surface area contributed by atoms with Crippen LogP contribution in [-0.4, -0.2) is 29.3 Å². The zero-order chi connectivity index (χ0) is 11.0. The van der Waals surface area contributed by atoms with Gasteiger partial charge in [0.2, 0.25) is 5.91 Å². The average molecular weight is 230 g/mol. The van der Waals surface area contributed by atoms with Crippen LogP contribution in [0.3, 0.4) is 0 Å². The van der Waals surface area contributed by atoms with E-state index >= 15 is 0 Å². The Bertz CT molecular complexity index is 246. The third kappa shape index (κ3) is 2.47. The van der Waals surface area contributed by atoms with Crippen molar-refractivity contribution >= 4 is 17.5 Å². The second kappa shape index (κ2) is 4.32. The van der Waals surface area contributed by atoms with Crippen molar-refractivity contribution in [3.05, 3.63) is 0 Å². The normalized spacial score (nSPS) is 33.9. The summed E-state index contributed by atoms with van der Waals surface area (Å²) in [6.45, 7) is 6.07. The fourth-order valence-electron chi connectivity index (χ4n) is 2.48. The fourth-order valence-corrected chi connectivity index (χ4v) is 2.73. The molecule has 0 bridgehead atoms. The molecule has 0 aromatic rings. The molecule has 1 saturated heterocycles. The lowest BCUT2D eigenvalue weighted by atomic mass is 9.94. The smallest absolute Gasteiger partial charge is 0.225 e. The lowest BCUT2D eigenvalue weighted by Crippen LogP contribution is -2.41. The molecule has 3 atom stereocenters. The van der Waals surface area contributed by atoms with E-state index in [1.807, 2.05) is 4.90 Å².